The third-order valence-electron chi connectivity index (χ3n) is 4.57. The highest BCUT2D eigenvalue weighted by molar-refractivity contribution is 5.75. The van der Waals surface area contributed by atoms with Gasteiger partial charge in [-0.25, -0.2) is 0 Å². The van der Waals surface area contributed by atoms with Gasteiger partial charge < -0.3 is 9.84 Å². The number of fused-ring (bicyclic) bond motifs is 1. The molecule has 0 amide bonds. The van der Waals surface area contributed by atoms with Crippen LogP contribution in [-0.2, 0) is 9.53 Å². The van der Waals surface area contributed by atoms with Crippen molar-refractivity contribution in [1.29, 1.82) is 0 Å². The largest absolute Gasteiger partial charge is 0.461 e. The number of rotatable bonds is 2. The smallest absolute Gasteiger partial charge is 0.311 e. The predicted octanol–water partition coefficient (Wildman–Crippen LogP) is 2.54. The molecule has 1 fully saturated rings. The standard InChI is InChI=1S/C15H24O3/c1-14(2,3)13(17)18-8-9-6-12(16)11-7-10(9)15(11,4)5/h6,10-12,16H,7-8H2,1-5H3. The van der Waals surface area contributed by atoms with Crippen molar-refractivity contribution in [1.82, 2.24) is 0 Å². The molecule has 102 valence electrons. The Kier molecular flexibility index (Phi) is 3.09. The second kappa shape index (κ2) is 4.09. The fourth-order valence-corrected chi connectivity index (χ4v) is 3.13. The molecule has 1 saturated carbocycles. The Hall–Kier alpha value is -0.830. The van der Waals surface area contributed by atoms with Crippen molar-refractivity contribution in [2.75, 3.05) is 6.61 Å². The van der Waals surface area contributed by atoms with Gasteiger partial charge in [-0.05, 0) is 50.0 Å². The van der Waals surface area contributed by atoms with Crippen molar-refractivity contribution in [2.45, 2.75) is 47.1 Å². The zero-order valence-corrected chi connectivity index (χ0v) is 12.0. The van der Waals surface area contributed by atoms with Gasteiger partial charge in [0.2, 0.25) is 0 Å². The van der Waals surface area contributed by atoms with E-state index in [2.05, 4.69) is 13.8 Å². The van der Waals surface area contributed by atoms with Crippen LogP contribution in [0, 0.1) is 22.7 Å². The Morgan fingerprint density at radius 2 is 2.11 bits per heavy atom. The highest BCUT2D eigenvalue weighted by atomic mass is 16.5. The third-order valence-corrected chi connectivity index (χ3v) is 4.57. The van der Waals surface area contributed by atoms with E-state index >= 15 is 0 Å². The van der Waals surface area contributed by atoms with Crippen LogP contribution in [0.3, 0.4) is 0 Å². The van der Waals surface area contributed by atoms with Gasteiger partial charge in [-0.15, -0.1) is 0 Å². The Balaban J connectivity index is 2.01. The summed E-state index contributed by atoms with van der Waals surface area (Å²) in [6.45, 7) is 10.3. The van der Waals surface area contributed by atoms with Crippen LogP contribution in [0.1, 0.15) is 41.0 Å². The molecule has 0 heterocycles. The molecule has 0 radical (unpaired) electrons. The first-order valence-electron chi connectivity index (χ1n) is 6.70. The first-order valence-corrected chi connectivity index (χ1v) is 6.70. The highest BCUT2D eigenvalue weighted by Gasteiger charge is 2.55. The van der Waals surface area contributed by atoms with Gasteiger partial charge in [0, 0.05) is 0 Å². The van der Waals surface area contributed by atoms with Gasteiger partial charge in [0.25, 0.3) is 0 Å². The summed E-state index contributed by atoms with van der Waals surface area (Å²) < 4.78 is 5.36. The molecule has 3 heteroatoms. The molecule has 3 nitrogen and oxygen atoms in total. The molecule has 3 aliphatic carbocycles. The van der Waals surface area contributed by atoms with Crippen LogP contribution < -0.4 is 0 Å². The van der Waals surface area contributed by atoms with E-state index in [4.69, 9.17) is 4.74 Å². The molecule has 0 aromatic rings. The maximum Gasteiger partial charge on any atom is 0.311 e. The van der Waals surface area contributed by atoms with Gasteiger partial charge >= 0.3 is 5.97 Å². The number of ether oxygens (including phenoxy) is 1. The summed E-state index contributed by atoms with van der Waals surface area (Å²) in [6.07, 6.45) is 2.53. The van der Waals surface area contributed by atoms with E-state index in [1.165, 1.54) is 0 Å². The van der Waals surface area contributed by atoms with Gasteiger partial charge in [-0.1, -0.05) is 19.9 Å². The lowest BCUT2D eigenvalue weighted by atomic mass is 9.48. The van der Waals surface area contributed by atoms with Crippen LogP contribution in [0.2, 0.25) is 0 Å². The van der Waals surface area contributed by atoms with E-state index in [0.29, 0.717) is 18.4 Å². The molecule has 0 aromatic carbocycles. The van der Waals surface area contributed by atoms with E-state index in [-0.39, 0.29) is 17.5 Å². The number of hydrogen-bond donors (Lipinski definition) is 1. The predicted molar refractivity (Wildman–Crippen MR) is 69.9 cm³/mol. The molecule has 0 saturated heterocycles. The van der Waals surface area contributed by atoms with E-state index < -0.39 is 5.41 Å². The molecule has 0 aliphatic heterocycles. The van der Waals surface area contributed by atoms with Crippen LogP contribution in [0.4, 0.5) is 0 Å². The summed E-state index contributed by atoms with van der Waals surface area (Å²) in [5.41, 5.74) is 0.760. The number of carbonyl (C=O) groups excluding carboxylic acids is 1. The van der Waals surface area contributed by atoms with E-state index in [9.17, 15) is 9.90 Å². The van der Waals surface area contributed by atoms with Crippen molar-refractivity contribution in [2.24, 2.45) is 22.7 Å². The maximum atomic E-state index is 11.8. The van der Waals surface area contributed by atoms with Gasteiger partial charge in [0.15, 0.2) is 0 Å². The molecule has 18 heavy (non-hydrogen) atoms. The second-order valence-electron chi connectivity index (χ2n) is 7.27. The second-order valence-corrected chi connectivity index (χ2v) is 7.27. The summed E-state index contributed by atoms with van der Waals surface area (Å²) in [5, 5.41) is 10.0. The fourth-order valence-electron chi connectivity index (χ4n) is 3.13. The maximum absolute atomic E-state index is 11.8. The number of esters is 1. The number of hydrogen-bond acceptors (Lipinski definition) is 3. The molecular weight excluding hydrogens is 228 g/mol. The summed E-state index contributed by atoms with van der Waals surface area (Å²) in [6, 6.07) is 0. The minimum Gasteiger partial charge on any atom is -0.461 e. The Labute approximate surface area is 109 Å². The number of carbonyl (C=O) groups is 1. The quantitative estimate of drug-likeness (QED) is 0.607. The summed E-state index contributed by atoms with van der Waals surface area (Å²) in [5.74, 6) is 0.639. The Bertz CT molecular complexity index is 387. The van der Waals surface area contributed by atoms with E-state index in [0.717, 1.165) is 12.0 Å². The normalized spacial score (nSPS) is 33.4. The summed E-state index contributed by atoms with van der Waals surface area (Å²) in [4.78, 5) is 11.8. The van der Waals surface area contributed by atoms with Crippen LogP contribution in [0.5, 0.6) is 0 Å². The first kappa shape index (κ1) is 13.6. The Morgan fingerprint density at radius 1 is 1.50 bits per heavy atom. The topological polar surface area (TPSA) is 46.5 Å². The van der Waals surface area contributed by atoms with Crippen molar-refractivity contribution in [3.8, 4) is 0 Å². The van der Waals surface area contributed by atoms with Gasteiger partial charge in [-0.2, -0.15) is 0 Å². The SMILES string of the molecule is CC(C)(C)C(=O)OCC1=CC(O)C2CC1C2(C)C. The molecule has 3 aliphatic rings. The van der Waals surface area contributed by atoms with Crippen molar-refractivity contribution in [3.63, 3.8) is 0 Å². The van der Waals surface area contributed by atoms with E-state index in [1.54, 1.807) is 0 Å². The van der Waals surface area contributed by atoms with Crippen LogP contribution in [0.25, 0.3) is 0 Å². The minimum atomic E-state index is -0.467. The summed E-state index contributed by atoms with van der Waals surface area (Å²) in [7, 11) is 0. The molecule has 2 bridgehead atoms. The molecule has 3 rings (SSSR count). The summed E-state index contributed by atoms with van der Waals surface area (Å²) >= 11 is 0. The lowest BCUT2D eigenvalue weighted by molar-refractivity contribution is -0.153. The third kappa shape index (κ3) is 2.09. The van der Waals surface area contributed by atoms with Gasteiger partial charge in [0.1, 0.15) is 6.61 Å². The lowest BCUT2D eigenvalue weighted by Gasteiger charge is -2.58. The Morgan fingerprint density at radius 3 is 2.56 bits per heavy atom. The monoisotopic (exact) mass is 252 g/mol. The number of aliphatic hydroxyl groups excluding tert-OH is 1. The van der Waals surface area contributed by atoms with Gasteiger partial charge in [-0.3, -0.25) is 4.79 Å². The van der Waals surface area contributed by atoms with Gasteiger partial charge in [0.05, 0.1) is 11.5 Å². The molecule has 3 atom stereocenters. The fraction of sp³-hybridized carbons (Fsp3) is 0.800. The van der Waals surface area contributed by atoms with Crippen LogP contribution in [0.15, 0.2) is 11.6 Å². The zero-order valence-electron chi connectivity index (χ0n) is 12.0. The van der Waals surface area contributed by atoms with E-state index in [1.807, 2.05) is 26.8 Å². The molecule has 0 aromatic heterocycles. The lowest BCUT2D eigenvalue weighted by Crippen LogP contribution is -2.54. The minimum absolute atomic E-state index is 0.137. The average Bonchev–Trinajstić information content (AvgIpc) is 2.23. The van der Waals surface area contributed by atoms with Crippen LogP contribution >= 0.6 is 0 Å². The zero-order chi connectivity index (χ0) is 13.7. The van der Waals surface area contributed by atoms with Crippen LogP contribution in [-0.4, -0.2) is 23.8 Å². The number of aliphatic hydroxyl groups is 1. The molecule has 0 spiro atoms. The molecular formula is C15H24O3. The van der Waals surface area contributed by atoms with Crippen molar-refractivity contribution >= 4 is 5.97 Å². The van der Waals surface area contributed by atoms with Crippen molar-refractivity contribution in [3.05, 3.63) is 11.6 Å². The molecule has 1 N–H and O–H groups in total. The highest BCUT2D eigenvalue weighted by Crippen LogP contribution is 2.59. The van der Waals surface area contributed by atoms with Crippen molar-refractivity contribution < 1.29 is 14.6 Å². The molecule has 3 unspecified atom stereocenters. The average molecular weight is 252 g/mol. The first-order chi connectivity index (χ1) is 8.14.